The molecule has 0 bridgehead atoms. The quantitative estimate of drug-likeness (QED) is 0.255. The molecule has 0 aliphatic heterocycles. The van der Waals surface area contributed by atoms with Gasteiger partial charge >= 0.3 is 0 Å². The molecule has 0 aliphatic carbocycles. The summed E-state index contributed by atoms with van der Waals surface area (Å²) >= 11 is 5.92. The highest BCUT2D eigenvalue weighted by Gasteiger charge is 2.22. The number of halogens is 1. The monoisotopic (exact) mass is 541 g/mol. The minimum atomic E-state index is -0.274. The molecule has 2 amide bonds. The predicted molar refractivity (Wildman–Crippen MR) is 147 cm³/mol. The van der Waals surface area contributed by atoms with E-state index < -0.39 is 0 Å². The summed E-state index contributed by atoms with van der Waals surface area (Å²) in [5.74, 6) is 0.0992. The Morgan fingerprint density at radius 1 is 0.842 bits per heavy atom. The number of benzene rings is 2. The average molecular weight is 542 g/mol. The van der Waals surface area contributed by atoms with Gasteiger partial charge in [-0.3, -0.25) is 9.59 Å². The minimum Gasteiger partial charge on any atom is -0.484 e. The Kier molecular flexibility index (Phi) is 12.2. The summed E-state index contributed by atoms with van der Waals surface area (Å²) in [4.78, 5) is 29.8. The van der Waals surface area contributed by atoms with Gasteiger partial charge < -0.3 is 28.6 Å². The smallest absolute Gasteiger partial charge is 0.260 e. The van der Waals surface area contributed by atoms with Crippen molar-refractivity contribution >= 4 is 23.4 Å². The van der Waals surface area contributed by atoms with Crippen LogP contribution in [0.3, 0.4) is 0 Å². The molecule has 3 rings (SSSR count). The van der Waals surface area contributed by atoms with Crippen molar-refractivity contribution < 1.29 is 23.8 Å². The van der Waals surface area contributed by atoms with Crippen molar-refractivity contribution in [1.29, 1.82) is 0 Å². The first-order chi connectivity index (χ1) is 18.5. The van der Waals surface area contributed by atoms with Crippen LogP contribution in [0.5, 0.6) is 5.75 Å². The van der Waals surface area contributed by atoms with Crippen molar-refractivity contribution in [1.82, 2.24) is 14.4 Å². The predicted octanol–water partition coefficient (Wildman–Crippen LogP) is 4.11. The van der Waals surface area contributed by atoms with Crippen LogP contribution in [0.25, 0.3) is 0 Å². The summed E-state index contributed by atoms with van der Waals surface area (Å²) in [6.07, 6.45) is 2.62. The van der Waals surface area contributed by atoms with Crippen LogP contribution in [0.2, 0.25) is 5.02 Å². The van der Waals surface area contributed by atoms with Crippen LogP contribution in [-0.2, 0) is 32.2 Å². The summed E-state index contributed by atoms with van der Waals surface area (Å²) in [5, 5.41) is 0.585. The number of amides is 2. The number of methoxy groups -OCH3 is 2. The summed E-state index contributed by atoms with van der Waals surface area (Å²) in [5.41, 5.74) is 2.18. The molecule has 0 N–H and O–H groups in total. The molecule has 3 aromatic rings. The number of nitrogens with zero attached hydrogens (tertiary/aromatic N) is 3. The Morgan fingerprint density at radius 3 is 2.29 bits per heavy atom. The van der Waals surface area contributed by atoms with Crippen LogP contribution >= 0.6 is 11.6 Å². The standard InChI is InChI=1S/C29H36ClN3O5/c1-36-18-7-16-32(29(35)23-38-27-13-11-25(30)12-14-27)22-28(34)33(17-19-37-2)21-26-10-6-15-31(26)20-24-8-4-3-5-9-24/h3-6,8-15H,7,16-23H2,1-2H3. The van der Waals surface area contributed by atoms with Crippen molar-refractivity contribution in [3.63, 3.8) is 0 Å². The van der Waals surface area contributed by atoms with E-state index in [0.717, 1.165) is 5.69 Å². The fourth-order valence-electron chi connectivity index (χ4n) is 3.94. The maximum atomic E-state index is 13.5. The van der Waals surface area contributed by atoms with E-state index in [1.807, 2.05) is 36.5 Å². The molecule has 1 aromatic heterocycles. The lowest BCUT2D eigenvalue weighted by Crippen LogP contribution is -2.45. The van der Waals surface area contributed by atoms with E-state index in [1.54, 1.807) is 43.4 Å². The Labute approximate surface area is 229 Å². The second kappa shape index (κ2) is 15.8. The number of hydrogen-bond acceptors (Lipinski definition) is 5. The zero-order valence-corrected chi connectivity index (χ0v) is 22.8. The molecule has 9 heteroatoms. The van der Waals surface area contributed by atoms with Crippen molar-refractivity contribution in [3.05, 3.63) is 89.2 Å². The molecule has 1 heterocycles. The SMILES string of the molecule is COCCCN(CC(=O)N(CCOC)Cc1cccn1Cc1ccccc1)C(=O)COc1ccc(Cl)cc1. The van der Waals surface area contributed by atoms with Crippen LogP contribution < -0.4 is 4.74 Å². The molecule has 0 saturated carbocycles. The lowest BCUT2D eigenvalue weighted by molar-refractivity contribution is -0.142. The third kappa shape index (κ3) is 9.52. The first-order valence-electron chi connectivity index (χ1n) is 12.6. The fourth-order valence-corrected chi connectivity index (χ4v) is 4.06. The lowest BCUT2D eigenvalue weighted by atomic mass is 10.2. The third-order valence-corrected chi connectivity index (χ3v) is 6.27. The van der Waals surface area contributed by atoms with E-state index in [9.17, 15) is 9.59 Å². The number of carbonyl (C=O) groups excluding carboxylic acids is 2. The Morgan fingerprint density at radius 2 is 1.58 bits per heavy atom. The van der Waals surface area contributed by atoms with Gasteiger partial charge in [0.2, 0.25) is 5.91 Å². The number of ether oxygens (including phenoxy) is 3. The highest BCUT2D eigenvalue weighted by molar-refractivity contribution is 6.30. The van der Waals surface area contributed by atoms with E-state index >= 15 is 0 Å². The average Bonchev–Trinajstić information content (AvgIpc) is 3.36. The molecule has 38 heavy (non-hydrogen) atoms. The van der Waals surface area contributed by atoms with Gasteiger partial charge in [-0.1, -0.05) is 41.9 Å². The zero-order valence-electron chi connectivity index (χ0n) is 22.1. The van der Waals surface area contributed by atoms with Gasteiger partial charge in [-0.25, -0.2) is 0 Å². The maximum Gasteiger partial charge on any atom is 0.260 e. The first-order valence-corrected chi connectivity index (χ1v) is 13.0. The zero-order chi connectivity index (χ0) is 27.2. The maximum absolute atomic E-state index is 13.5. The van der Waals surface area contributed by atoms with Crippen molar-refractivity contribution in [2.24, 2.45) is 0 Å². The van der Waals surface area contributed by atoms with Gasteiger partial charge in [-0.2, -0.15) is 0 Å². The highest BCUT2D eigenvalue weighted by Crippen LogP contribution is 2.16. The number of hydrogen-bond donors (Lipinski definition) is 0. The molecule has 8 nitrogen and oxygen atoms in total. The van der Waals surface area contributed by atoms with Crippen LogP contribution in [0.15, 0.2) is 72.9 Å². The summed E-state index contributed by atoms with van der Waals surface area (Å²) in [6.45, 7) is 2.54. The first kappa shape index (κ1) is 29.2. The van der Waals surface area contributed by atoms with E-state index in [0.29, 0.717) is 56.6 Å². The van der Waals surface area contributed by atoms with E-state index in [2.05, 4.69) is 16.7 Å². The van der Waals surface area contributed by atoms with Gasteiger partial charge in [0.15, 0.2) is 6.61 Å². The molecule has 0 atom stereocenters. The molecular weight excluding hydrogens is 506 g/mol. The molecule has 0 spiro atoms. The second-order valence-electron chi connectivity index (χ2n) is 8.83. The summed E-state index contributed by atoms with van der Waals surface area (Å²) < 4.78 is 18.2. The largest absolute Gasteiger partial charge is 0.484 e. The van der Waals surface area contributed by atoms with E-state index in [-0.39, 0.29) is 25.0 Å². The molecule has 0 saturated heterocycles. The van der Waals surface area contributed by atoms with Gasteiger partial charge in [0.1, 0.15) is 5.75 Å². The summed E-state index contributed by atoms with van der Waals surface area (Å²) in [6, 6.07) is 21.0. The van der Waals surface area contributed by atoms with Crippen LogP contribution in [0, 0.1) is 0 Å². The van der Waals surface area contributed by atoms with Crippen molar-refractivity contribution in [2.75, 3.05) is 53.7 Å². The van der Waals surface area contributed by atoms with Gasteiger partial charge in [0, 0.05) is 57.4 Å². The molecule has 2 aromatic carbocycles. The van der Waals surface area contributed by atoms with Crippen LogP contribution in [-0.4, -0.2) is 79.9 Å². The molecule has 0 aliphatic rings. The molecule has 204 valence electrons. The molecule has 0 fully saturated rings. The van der Waals surface area contributed by atoms with Crippen molar-refractivity contribution in [3.8, 4) is 5.75 Å². The van der Waals surface area contributed by atoms with Gasteiger partial charge in [-0.05, 0) is 48.4 Å². The molecular formula is C29H36ClN3O5. The number of rotatable bonds is 16. The normalized spacial score (nSPS) is 10.8. The van der Waals surface area contributed by atoms with Gasteiger partial charge in [-0.15, -0.1) is 0 Å². The molecule has 0 radical (unpaired) electrons. The van der Waals surface area contributed by atoms with Crippen molar-refractivity contribution in [2.45, 2.75) is 19.5 Å². The number of aromatic nitrogens is 1. The third-order valence-electron chi connectivity index (χ3n) is 6.02. The van der Waals surface area contributed by atoms with E-state index in [4.69, 9.17) is 25.8 Å². The van der Waals surface area contributed by atoms with Gasteiger partial charge in [0.25, 0.3) is 5.91 Å². The Balaban J connectivity index is 1.67. The van der Waals surface area contributed by atoms with Crippen LogP contribution in [0.4, 0.5) is 0 Å². The Bertz CT molecular complexity index is 1120. The number of carbonyl (C=O) groups is 2. The Hall–Kier alpha value is -3.33. The minimum absolute atomic E-state index is 0.0599. The second-order valence-corrected chi connectivity index (χ2v) is 9.26. The molecule has 0 unspecified atom stereocenters. The van der Waals surface area contributed by atoms with Gasteiger partial charge in [0.05, 0.1) is 19.7 Å². The van der Waals surface area contributed by atoms with Crippen LogP contribution in [0.1, 0.15) is 17.7 Å². The summed E-state index contributed by atoms with van der Waals surface area (Å²) in [7, 11) is 3.22. The lowest BCUT2D eigenvalue weighted by Gasteiger charge is -2.28. The topological polar surface area (TPSA) is 73.2 Å². The highest BCUT2D eigenvalue weighted by atomic mass is 35.5. The van der Waals surface area contributed by atoms with E-state index in [1.165, 1.54) is 10.5 Å². The fraction of sp³-hybridized carbons (Fsp3) is 0.379.